The first-order chi connectivity index (χ1) is 10.6. The summed E-state index contributed by atoms with van der Waals surface area (Å²) in [5, 5.41) is 3.42. The average Bonchev–Trinajstić information content (AvgIpc) is 2.86. The van der Waals surface area contributed by atoms with Crippen molar-refractivity contribution >= 4 is 28.2 Å². The molecular weight excluding hydrogens is 298 g/mol. The molecule has 1 N–H and O–H groups in total. The van der Waals surface area contributed by atoms with Gasteiger partial charge in [-0.1, -0.05) is 0 Å². The lowest BCUT2D eigenvalue weighted by molar-refractivity contribution is 0.102. The van der Waals surface area contributed by atoms with Crippen molar-refractivity contribution in [1.82, 2.24) is 15.0 Å². The van der Waals surface area contributed by atoms with Crippen LogP contribution in [0.3, 0.4) is 0 Å². The first-order valence-corrected chi connectivity index (χ1v) is 8.27. The van der Waals surface area contributed by atoms with E-state index in [0.29, 0.717) is 10.8 Å². The molecule has 0 atom stereocenters. The van der Waals surface area contributed by atoms with Crippen LogP contribution >= 0.6 is 11.3 Å². The molecule has 0 radical (unpaired) electrons. The normalized spacial score (nSPS) is 14.9. The maximum absolute atomic E-state index is 12.3. The fourth-order valence-corrected chi connectivity index (χ4v) is 3.26. The quantitative estimate of drug-likeness (QED) is 0.942. The van der Waals surface area contributed by atoms with E-state index in [1.807, 2.05) is 13.8 Å². The fraction of sp³-hybridized carbons (Fsp3) is 0.467. The van der Waals surface area contributed by atoms with Crippen molar-refractivity contribution in [3.63, 3.8) is 0 Å². The number of nitrogens with zero attached hydrogens (tertiary/aromatic N) is 4. The van der Waals surface area contributed by atoms with Crippen LogP contribution in [-0.4, -0.2) is 33.9 Å². The summed E-state index contributed by atoms with van der Waals surface area (Å²) in [6.45, 7) is 5.90. The Kier molecular flexibility index (Phi) is 4.33. The average molecular weight is 317 g/mol. The molecule has 0 saturated carbocycles. The van der Waals surface area contributed by atoms with Gasteiger partial charge in [-0.15, -0.1) is 11.3 Å². The Bertz CT molecular complexity index is 659. The van der Waals surface area contributed by atoms with Gasteiger partial charge in [0.15, 0.2) is 5.13 Å². The van der Waals surface area contributed by atoms with E-state index >= 15 is 0 Å². The summed E-state index contributed by atoms with van der Waals surface area (Å²) in [5.41, 5.74) is 1.32. The molecule has 0 bridgehead atoms. The van der Waals surface area contributed by atoms with Crippen molar-refractivity contribution in [2.45, 2.75) is 33.1 Å². The Morgan fingerprint density at radius 1 is 1.23 bits per heavy atom. The zero-order valence-electron chi connectivity index (χ0n) is 12.8. The Labute approximate surface area is 133 Å². The molecule has 1 fully saturated rings. The van der Waals surface area contributed by atoms with Gasteiger partial charge in [-0.25, -0.2) is 15.0 Å². The third-order valence-corrected chi connectivity index (χ3v) is 4.80. The third kappa shape index (κ3) is 3.24. The number of nitrogens with one attached hydrogen (secondary N) is 1. The van der Waals surface area contributed by atoms with Crippen molar-refractivity contribution < 1.29 is 4.79 Å². The second-order valence-corrected chi connectivity index (χ2v) is 6.63. The predicted molar refractivity (Wildman–Crippen MR) is 87.6 cm³/mol. The first kappa shape index (κ1) is 14.9. The summed E-state index contributed by atoms with van der Waals surface area (Å²) >= 11 is 1.47. The van der Waals surface area contributed by atoms with Gasteiger partial charge in [-0.05, 0) is 33.1 Å². The van der Waals surface area contributed by atoms with Crippen LogP contribution in [0.1, 0.15) is 40.3 Å². The number of thiazole rings is 1. The van der Waals surface area contributed by atoms with Crippen LogP contribution in [0.4, 0.5) is 10.9 Å². The maximum Gasteiger partial charge on any atom is 0.276 e. The SMILES string of the molecule is Cc1nc(NC(=O)c2cc(N3CCCCC3)ncn2)sc1C. The highest BCUT2D eigenvalue weighted by Crippen LogP contribution is 2.22. The van der Waals surface area contributed by atoms with Crippen LogP contribution in [0.2, 0.25) is 0 Å². The Balaban J connectivity index is 1.74. The molecule has 0 aromatic carbocycles. The van der Waals surface area contributed by atoms with E-state index in [2.05, 4.69) is 25.2 Å². The zero-order chi connectivity index (χ0) is 15.5. The molecule has 2 aromatic rings. The first-order valence-electron chi connectivity index (χ1n) is 7.46. The van der Waals surface area contributed by atoms with Crippen molar-refractivity contribution in [3.8, 4) is 0 Å². The number of carbonyl (C=O) groups excluding carboxylic acids is 1. The Morgan fingerprint density at radius 2 is 2.00 bits per heavy atom. The number of aryl methyl sites for hydroxylation is 2. The molecule has 0 unspecified atom stereocenters. The standard InChI is InChI=1S/C15H19N5OS/c1-10-11(2)22-15(18-10)19-14(21)12-8-13(17-9-16-12)20-6-4-3-5-7-20/h8-9H,3-7H2,1-2H3,(H,18,19,21). The summed E-state index contributed by atoms with van der Waals surface area (Å²) < 4.78 is 0. The predicted octanol–water partition coefficient (Wildman–Crippen LogP) is 2.79. The smallest absolute Gasteiger partial charge is 0.276 e. The number of rotatable bonds is 3. The van der Waals surface area contributed by atoms with E-state index in [1.165, 1.54) is 36.9 Å². The lowest BCUT2D eigenvalue weighted by Gasteiger charge is -2.27. The van der Waals surface area contributed by atoms with Gasteiger partial charge in [0.1, 0.15) is 17.8 Å². The molecule has 6 nitrogen and oxygen atoms in total. The van der Waals surface area contributed by atoms with Gasteiger partial charge in [-0.3, -0.25) is 10.1 Å². The number of aromatic nitrogens is 3. The van der Waals surface area contributed by atoms with Crippen LogP contribution in [0.5, 0.6) is 0 Å². The van der Waals surface area contributed by atoms with Gasteiger partial charge in [-0.2, -0.15) is 0 Å². The molecule has 1 aliphatic heterocycles. The monoisotopic (exact) mass is 317 g/mol. The fourth-order valence-electron chi connectivity index (χ4n) is 2.45. The van der Waals surface area contributed by atoms with E-state index in [4.69, 9.17) is 0 Å². The molecule has 2 aromatic heterocycles. The largest absolute Gasteiger partial charge is 0.357 e. The van der Waals surface area contributed by atoms with Gasteiger partial charge in [0, 0.05) is 24.0 Å². The number of piperidine rings is 1. The van der Waals surface area contributed by atoms with Crippen molar-refractivity contribution in [1.29, 1.82) is 0 Å². The summed E-state index contributed by atoms with van der Waals surface area (Å²) in [6.07, 6.45) is 5.06. The van der Waals surface area contributed by atoms with Crippen LogP contribution in [0.25, 0.3) is 0 Å². The highest BCUT2D eigenvalue weighted by atomic mass is 32.1. The summed E-state index contributed by atoms with van der Waals surface area (Å²) in [5.74, 6) is 0.584. The molecule has 0 spiro atoms. The summed E-state index contributed by atoms with van der Waals surface area (Å²) in [6, 6.07) is 1.76. The van der Waals surface area contributed by atoms with Gasteiger partial charge in [0.25, 0.3) is 5.91 Å². The highest BCUT2D eigenvalue weighted by molar-refractivity contribution is 7.15. The van der Waals surface area contributed by atoms with Crippen LogP contribution in [0, 0.1) is 13.8 Å². The van der Waals surface area contributed by atoms with Crippen LogP contribution in [0.15, 0.2) is 12.4 Å². The lowest BCUT2D eigenvalue weighted by Crippen LogP contribution is -2.30. The lowest BCUT2D eigenvalue weighted by atomic mass is 10.1. The number of hydrogen-bond acceptors (Lipinski definition) is 6. The molecule has 22 heavy (non-hydrogen) atoms. The summed E-state index contributed by atoms with van der Waals surface area (Å²) in [4.78, 5) is 28.3. The Morgan fingerprint density at radius 3 is 2.68 bits per heavy atom. The van der Waals surface area contributed by atoms with E-state index in [9.17, 15) is 4.79 Å². The maximum atomic E-state index is 12.3. The van der Waals surface area contributed by atoms with Gasteiger partial charge in [0.05, 0.1) is 5.69 Å². The minimum atomic E-state index is -0.241. The number of hydrogen-bond donors (Lipinski definition) is 1. The molecule has 1 saturated heterocycles. The topological polar surface area (TPSA) is 71.0 Å². The van der Waals surface area contributed by atoms with Crippen molar-refractivity contribution in [2.75, 3.05) is 23.3 Å². The molecule has 1 aliphatic rings. The van der Waals surface area contributed by atoms with Crippen LogP contribution < -0.4 is 10.2 Å². The third-order valence-electron chi connectivity index (χ3n) is 3.81. The second kappa shape index (κ2) is 6.39. The zero-order valence-corrected chi connectivity index (χ0v) is 13.6. The molecule has 7 heteroatoms. The molecular formula is C15H19N5OS. The number of amides is 1. The minimum absolute atomic E-state index is 0.241. The van der Waals surface area contributed by atoms with Crippen molar-refractivity contribution in [3.05, 3.63) is 28.7 Å². The molecule has 116 valence electrons. The molecule has 0 aliphatic carbocycles. The van der Waals surface area contributed by atoms with Crippen LogP contribution in [-0.2, 0) is 0 Å². The van der Waals surface area contributed by atoms with E-state index in [-0.39, 0.29) is 5.91 Å². The number of carbonyl (C=O) groups is 1. The van der Waals surface area contributed by atoms with E-state index in [0.717, 1.165) is 29.5 Å². The van der Waals surface area contributed by atoms with Crippen molar-refractivity contribution in [2.24, 2.45) is 0 Å². The summed E-state index contributed by atoms with van der Waals surface area (Å²) in [7, 11) is 0. The second-order valence-electron chi connectivity index (χ2n) is 5.42. The number of anilines is 2. The van der Waals surface area contributed by atoms with Gasteiger partial charge in [0.2, 0.25) is 0 Å². The van der Waals surface area contributed by atoms with Gasteiger partial charge >= 0.3 is 0 Å². The highest BCUT2D eigenvalue weighted by Gasteiger charge is 2.16. The molecule has 3 heterocycles. The molecule has 1 amide bonds. The Hall–Kier alpha value is -2.02. The van der Waals surface area contributed by atoms with Gasteiger partial charge < -0.3 is 4.90 Å². The minimum Gasteiger partial charge on any atom is -0.357 e. The van der Waals surface area contributed by atoms with E-state index in [1.54, 1.807) is 6.07 Å². The van der Waals surface area contributed by atoms with E-state index < -0.39 is 0 Å². The molecule has 3 rings (SSSR count).